The van der Waals surface area contributed by atoms with E-state index in [-0.39, 0.29) is 16.9 Å². The molecule has 16 heavy (non-hydrogen) atoms. The van der Waals surface area contributed by atoms with Crippen LogP contribution in [0, 0.1) is 28.7 Å². The molecule has 2 rings (SSSR count). The van der Waals surface area contributed by atoms with E-state index < -0.39 is 26.7 Å². The van der Waals surface area contributed by atoms with Crippen LogP contribution in [0.25, 0.3) is 11.0 Å². The van der Waals surface area contributed by atoms with Gasteiger partial charge >= 0.3 is 5.69 Å². The number of aromatic amines is 1. The number of fused-ring (bicyclic) bond motifs is 1. The summed E-state index contributed by atoms with van der Waals surface area (Å²) < 4.78 is 26.2. The van der Waals surface area contributed by atoms with Gasteiger partial charge in [0.1, 0.15) is 15.8 Å². The van der Waals surface area contributed by atoms with E-state index in [1.807, 2.05) is 0 Å². The number of halogens is 3. The number of rotatable bonds is 1. The normalized spacial score (nSPS) is 11.0. The van der Waals surface area contributed by atoms with Crippen molar-refractivity contribution in [2.45, 2.75) is 6.92 Å². The van der Waals surface area contributed by atoms with Crippen molar-refractivity contribution in [3.05, 3.63) is 32.0 Å². The van der Waals surface area contributed by atoms with Crippen LogP contribution in [-0.2, 0) is 0 Å². The summed E-state index contributed by atoms with van der Waals surface area (Å²) in [5, 5.41) is 10.7. The van der Waals surface area contributed by atoms with E-state index in [0.717, 1.165) is 0 Å². The van der Waals surface area contributed by atoms with Crippen LogP contribution in [0.1, 0.15) is 5.82 Å². The maximum absolute atomic E-state index is 13.4. The van der Waals surface area contributed by atoms with Gasteiger partial charge in [0, 0.05) is 0 Å². The molecule has 0 bridgehead atoms. The quantitative estimate of drug-likeness (QED) is 0.499. The molecule has 5 nitrogen and oxygen atoms in total. The Morgan fingerprint density at radius 1 is 1.44 bits per heavy atom. The number of nitro groups is 1. The molecule has 0 spiro atoms. The van der Waals surface area contributed by atoms with Crippen LogP contribution < -0.4 is 0 Å². The Morgan fingerprint density at radius 3 is 2.62 bits per heavy atom. The second-order valence-electron chi connectivity index (χ2n) is 3.09. The standard InChI is InChI=1S/C8H4BrF2N3O2/c1-2-12-6-5(11)4(10)3(9)8(14(15)16)7(6)13-2/h1H3,(H,12,13). The number of benzene rings is 1. The van der Waals surface area contributed by atoms with E-state index >= 15 is 0 Å². The molecule has 1 aromatic carbocycles. The number of imidazole rings is 1. The predicted octanol–water partition coefficient (Wildman–Crippen LogP) is 2.82. The zero-order valence-corrected chi connectivity index (χ0v) is 9.43. The highest BCUT2D eigenvalue weighted by Crippen LogP contribution is 2.36. The first-order valence-corrected chi connectivity index (χ1v) is 4.90. The van der Waals surface area contributed by atoms with Crippen LogP contribution in [0.15, 0.2) is 4.47 Å². The molecule has 0 aliphatic rings. The van der Waals surface area contributed by atoms with Gasteiger partial charge in [0.25, 0.3) is 0 Å². The number of aromatic nitrogens is 2. The summed E-state index contributed by atoms with van der Waals surface area (Å²) in [6, 6.07) is 0. The smallest absolute Gasteiger partial charge is 0.314 e. The first-order valence-electron chi connectivity index (χ1n) is 4.10. The van der Waals surface area contributed by atoms with Crippen LogP contribution >= 0.6 is 15.9 Å². The van der Waals surface area contributed by atoms with Crippen LogP contribution in [0.2, 0.25) is 0 Å². The molecule has 0 atom stereocenters. The molecule has 0 fully saturated rings. The summed E-state index contributed by atoms with van der Waals surface area (Å²) in [4.78, 5) is 16.1. The second-order valence-corrected chi connectivity index (χ2v) is 3.89. The van der Waals surface area contributed by atoms with Crippen molar-refractivity contribution in [1.82, 2.24) is 9.97 Å². The van der Waals surface area contributed by atoms with Crippen molar-refractivity contribution in [2.24, 2.45) is 0 Å². The highest BCUT2D eigenvalue weighted by molar-refractivity contribution is 9.10. The number of hydrogen-bond acceptors (Lipinski definition) is 3. The van der Waals surface area contributed by atoms with Crippen molar-refractivity contribution in [2.75, 3.05) is 0 Å². The number of nitro benzene ring substituents is 1. The average Bonchev–Trinajstić information content (AvgIpc) is 2.56. The molecular weight excluding hydrogens is 288 g/mol. The predicted molar refractivity (Wildman–Crippen MR) is 55.1 cm³/mol. The summed E-state index contributed by atoms with van der Waals surface area (Å²) in [5.41, 5.74) is -1.09. The van der Waals surface area contributed by atoms with Gasteiger partial charge in [-0.05, 0) is 22.9 Å². The van der Waals surface area contributed by atoms with Crippen molar-refractivity contribution < 1.29 is 13.7 Å². The molecule has 84 valence electrons. The molecule has 0 amide bonds. The number of H-pyrrole nitrogens is 1. The maximum Gasteiger partial charge on any atom is 0.314 e. The third-order valence-electron chi connectivity index (χ3n) is 2.04. The summed E-state index contributed by atoms with van der Waals surface area (Å²) in [6.07, 6.45) is 0. The van der Waals surface area contributed by atoms with Crippen LogP contribution in [0.4, 0.5) is 14.5 Å². The zero-order chi connectivity index (χ0) is 12.0. The summed E-state index contributed by atoms with van der Waals surface area (Å²) in [5.74, 6) is -2.22. The minimum absolute atomic E-state index is 0.201. The van der Waals surface area contributed by atoms with Gasteiger partial charge in [0.05, 0.1) is 4.92 Å². The monoisotopic (exact) mass is 291 g/mol. The lowest BCUT2D eigenvalue weighted by molar-refractivity contribution is -0.384. The van der Waals surface area contributed by atoms with E-state index in [9.17, 15) is 18.9 Å². The fourth-order valence-electron chi connectivity index (χ4n) is 1.40. The van der Waals surface area contributed by atoms with Gasteiger partial charge in [-0.15, -0.1) is 0 Å². The van der Waals surface area contributed by atoms with Crippen molar-refractivity contribution in [3.63, 3.8) is 0 Å². The minimum Gasteiger partial charge on any atom is -0.339 e. The summed E-state index contributed by atoms with van der Waals surface area (Å²) >= 11 is 2.65. The van der Waals surface area contributed by atoms with Gasteiger partial charge < -0.3 is 4.98 Å². The molecule has 0 saturated heterocycles. The van der Waals surface area contributed by atoms with Gasteiger partial charge in [-0.2, -0.15) is 0 Å². The summed E-state index contributed by atoms with van der Waals surface area (Å²) in [6.45, 7) is 1.50. The molecule has 0 unspecified atom stereocenters. The number of nitrogens with zero attached hydrogens (tertiary/aromatic N) is 2. The minimum atomic E-state index is -1.30. The number of nitrogens with one attached hydrogen (secondary N) is 1. The Morgan fingerprint density at radius 2 is 2.06 bits per heavy atom. The Kier molecular flexibility index (Phi) is 2.38. The Hall–Kier alpha value is -1.57. The molecule has 1 N–H and O–H groups in total. The van der Waals surface area contributed by atoms with Crippen molar-refractivity contribution in [1.29, 1.82) is 0 Å². The van der Waals surface area contributed by atoms with Crippen LogP contribution in [0.3, 0.4) is 0 Å². The van der Waals surface area contributed by atoms with Gasteiger partial charge in [0.15, 0.2) is 17.2 Å². The fourth-order valence-corrected chi connectivity index (χ4v) is 1.91. The Balaban J connectivity index is 3.02. The van der Waals surface area contributed by atoms with Gasteiger partial charge in [-0.25, -0.2) is 13.8 Å². The molecule has 0 aliphatic carbocycles. The van der Waals surface area contributed by atoms with E-state index in [2.05, 4.69) is 25.9 Å². The van der Waals surface area contributed by atoms with Crippen LogP contribution in [0.5, 0.6) is 0 Å². The topological polar surface area (TPSA) is 71.8 Å². The Labute approximate surface area is 95.8 Å². The van der Waals surface area contributed by atoms with Crippen molar-refractivity contribution in [3.8, 4) is 0 Å². The third-order valence-corrected chi connectivity index (χ3v) is 2.77. The molecule has 0 aliphatic heterocycles. The highest BCUT2D eigenvalue weighted by Gasteiger charge is 2.28. The summed E-state index contributed by atoms with van der Waals surface area (Å²) in [7, 11) is 0. The fraction of sp³-hybridized carbons (Fsp3) is 0.125. The third kappa shape index (κ3) is 1.37. The molecular formula is C8H4BrF2N3O2. The van der Waals surface area contributed by atoms with Crippen molar-refractivity contribution >= 4 is 32.7 Å². The lowest BCUT2D eigenvalue weighted by Crippen LogP contribution is -1.97. The van der Waals surface area contributed by atoms with E-state index in [1.165, 1.54) is 6.92 Å². The number of hydrogen-bond donors (Lipinski definition) is 1. The number of aryl methyl sites for hydroxylation is 1. The molecule has 0 radical (unpaired) electrons. The Bertz CT molecular complexity index is 611. The zero-order valence-electron chi connectivity index (χ0n) is 7.84. The van der Waals surface area contributed by atoms with Crippen LogP contribution in [-0.4, -0.2) is 14.9 Å². The molecule has 1 heterocycles. The first kappa shape index (κ1) is 10.9. The van der Waals surface area contributed by atoms with Gasteiger partial charge in [-0.1, -0.05) is 0 Å². The maximum atomic E-state index is 13.4. The molecule has 2 aromatic rings. The van der Waals surface area contributed by atoms with Gasteiger partial charge in [0.2, 0.25) is 0 Å². The lowest BCUT2D eigenvalue weighted by atomic mass is 10.2. The largest absolute Gasteiger partial charge is 0.339 e. The van der Waals surface area contributed by atoms with E-state index in [1.54, 1.807) is 0 Å². The lowest BCUT2D eigenvalue weighted by Gasteiger charge is -1.99. The average molecular weight is 292 g/mol. The van der Waals surface area contributed by atoms with E-state index in [4.69, 9.17) is 0 Å². The molecule has 0 saturated carbocycles. The SMILES string of the molecule is Cc1nc2c([N+](=O)[O-])c(Br)c(F)c(F)c2[nH]1. The van der Waals surface area contributed by atoms with Gasteiger partial charge in [-0.3, -0.25) is 10.1 Å². The molecule has 8 heteroatoms. The molecule has 1 aromatic heterocycles. The second kappa shape index (κ2) is 3.48. The van der Waals surface area contributed by atoms with E-state index in [0.29, 0.717) is 0 Å². The highest BCUT2D eigenvalue weighted by atomic mass is 79.9. The first-order chi connectivity index (χ1) is 7.43.